The summed E-state index contributed by atoms with van der Waals surface area (Å²) in [6, 6.07) is 16.7. The van der Waals surface area contributed by atoms with Crippen LogP contribution in [-0.4, -0.2) is 29.0 Å². The van der Waals surface area contributed by atoms with Crippen molar-refractivity contribution in [3.8, 4) is 0 Å². The van der Waals surface area contributed by atoms with Crippen molar-refractivity contribution in [1.82, 2.24) is 15.3 Å². The van der Waals surface area contributed by atoms with Crippen LogP contribution in [0.15, 0.2) is 54.6 Å². The molecule has 2 aromatic carbocycles. The van der Waals surface area contributed by atoms with Crippen LogP contribution in [0, 0.1) is 13.8 Å². The number of rotatable bonds is 7. The van der Waals surface area contributed by atoms with Gasteiger partial charge in [0.15, 0.2) is 0 Å². The van der Waals surface area contributed by atoms with E-state index in [1.54, 1.807) is 24.3 Å². The molecule has 6 nitrogen and oxygen atoms in total. The van der Waals surface area contributed by atoms with Gasteiger partial charge in [0.25, 0.3) is 5.91 Å². The third kappa shape index (κ3) is 5.69. The number of carbonyl (C=O) groups excluding carboxylic acids is 1. The number of aryl methyl sites for hydroxylation is 2. The molecule has 28 heavy (non-hydrogen) atoms. The highest BCUT2D eigenvalue weighted by Crippen LogP contribution is 2.17. The summed E-state index contributed by atoms with van der Waals surface area (Å²) in [4.78, 5) is 20.9. The third-order valence-corrected chi connectivity index (χ3v) is 4.23. The molecule has 1 amide bonds. The molecule has 1 aromatic heterocycles. The molecule has 0 unspecified atom stereocenters. The molecule has 0 atom stereocenters. The first-order valence-electron chi connectivity index (χ1n) is 8.96. The van der Waals surface area contributed by atoms with Crippen molar-refractivity contribution in [2.24, 2.45) is 0 Å². The Balaban J connectivity index is 1.52. The second-order valence-electron chi connectivity index (χ2n) is 6.40. The number of halogens is 1. The van der Waals surface area contributed by atoms with E-state index < -0.39 is 0 Å². The largest absolute Gasteiger partial charge is 0.352 e. The summed E-state index contributed by atoms with van der Waals surface area (Å²) >= 11 is 5.83. The van der Waals surface area contributed by atoms with Gasteiger partial charge in [-0.15, -0.1) is 0 Å². The van der Waals surface area contributed by atoms with Crippen molar-refractivity contribution in [2.45, 2.75) is 13.8 Å². The molecule has 0 saturated heterocycles. The monoisotopic (exact) mass is 395 g/mol. The summed E-state index contributed by atoms with van der Waals surface area (Å²) in [7, 11) is 0. The summed E-state index contributed by atoms with van der Waals surface area (Å²) < 4.78 is 0. The molecule has 0 aliphatic rings. The van der Waals surface area contributed by atoms with E-state index >= 15 is 0 Å². The van der Waals surface area contributed by atoms with Gasteiger partial charge in [-0.1, -0.05) is 29.3 Å². The van der Waals surface area contributed by atoms with Crippen molar-refractivity contribution in [3.05, 3.63) is 76.4 Å². The van der Waals surface area contributed by atoms with Gasteiger partial charge in [0.05, 0.1) is 0 Å². The first-order chi connectivity index (χ1) is 13.5. The Hall–Kier alpha value is -3.12. The molecular weight excluding hydrogens is 374 g/mol. The number of nitrogens with one attached hydrogen (secondary N) is 3. The predicted molar refractivity (Wildman–Crippen MR) is 114 cm³/mol. The molecule has 0 aliphatic heterocycles. The summed E-state index contributed by atoms with van der Waals surface area (Å²) in [5.74, 6) is 1.07. The van der Waals surface area contributed by atoms with E-state index in [2.05, 4.69) is 25.9 Å². The molecule has 0 fully saturated rings. The van der Waals surface area contributed by atoms with Crippen LogP contribution in [0.4, 0.5) is 17.5 Å². The molecule has 144 valence electrons. The van der Waals surface area contributed by atoms with Gasteiger partial charge in [-0.05, 0) is 50.2 Å². The van der Waals surface area contributed by atoms with Gasteiger partial charge in [0, 0.05) is 41.1 Å². The standard InChI is InChI=1S/C21H22ClN5O/c1-14-3-9-18(10-4-14)26-19-13-15(2)25-21(27-19)24-12-11-23-20(28)16-5-7-17(22)8-6-16/h3-10,13H,11-12H2,1-2H3,(H,23,28)(H2,24,25,26,27). The molecule has 0 saturated carbocycles. The second kappa shape index (κ2) is 9.19. The van der Waals surface area contributed by atoms with Crippen LogP contribution in [0.5, 0.6) is 0 Å². The average molecular weight is 396 g/mol. The predicted octanol–water partition coefficient (Wildman–Crippen LogP) is 4.33. The van der Waals surface area contributed by atoms with Gasteiger partial charge in [-0.3, -0.25) is 4.79 Å². The topological polar surface area (TPSA) is 78.9 Å². The minimum atomic E-state index is -0.148. The van der Waals surface area contributed by atoms with Gasteiger partial charge >= 0.3 is 0 Å². The third-order valence-electron chi connectivity index (χ3n) is 3.98. The summed E-state index contributed by atoms with van der Waals surface area (Å²) in [6.07, 6.45) is 0. The van der Waals surface area contributed by atoms with E-state index in [-0.39, 0.29) is 5.91 Å². The SMILES string of the molecule is Cc1ccc(Nc2cc(C)nc(NCCNC(=O)c3ccc(Cl)cc3)n2)cc1. The van der Waals surface area contributed by atoms with Crippen LogP contribution in [0.25, 0.3) is 0 Å². The maximum Gasteiger partial charge on any atom is 0.251 e. The lowest BCUT2D eigenvalue weighted by Crippen LogP contribution is -2.29. The van der Waals surface area contributed by atoms with E-state index in [4.69, 9.17) is 11.6 Å². The highest BCUT2D eigenvalue weighted by molar-refractivity contribution is 6.30. The van der Waals surface area contributed by atoms with Crippen molar-refractivity contribution in [3.63, 3.8) is 0 Å². The van der Waals surface area contributed by atoms with E-state index in [1.807, 2.05) is 44.2 Å². The minimum Gasteiger partial charge on any atom is -0.352 e. The number of hydrogen-bond donors (Lipinski definition) is 3. The maximum atomic E-state index is 12.1. The first-order valence-corrected chi connectivity index (χ1v) is 9.34. The van der Waals surface area contributed by atoms with Gasteiger partial charge in [-0.25, -0.2) is 4.98 Å². The smallest absolute Gasteiger partial charge is 0.251 e. The molecule has 1 heterocycles. The first kappa shape index (κ1) is 19.6. The summed E-state index contributed by atoms with van der Waals surface area (Å²) in [5.41, 5.74) is 3.58. The molecule has 0 bridgehead atoms. The molecular formula is C21H22ClN5O. The fourth-order valence-electron chi connectivity index (χ4n) is 2.55. The van der Waals surface area contributed by atoms with Crippen LogP contribution < -0.4 is 16.0 Å². The van der Waals surface area contributed by atoms with E-state index in [0.29, 0.717) is 35.4 Å². The number of hydrogen-bond acceptors (Lipinski definition) is 5. The van der Waals surface area contributed by atoms with Crippen LogP contribution in [0.1, 0.15) is 21.6 Å². The molecule has 0 spiro atoms. The Labute approximate surface area is 169 Å². The Morgan fingerprint density at radius 2 is 1.68 bits per heavy atom. The van der Waals surface area contributed by atoms with Crippen LogP contribution >= 0.6 is 11.6 Å². The number of anilines is 3. The van der Waals surface area contributed by atoms with Gasteiger partial charge in [0.1, 0.15) is 5.82 Å². The molecule has 0 aliphatic carbocycles. The Kier molecular flexibility index (Phi) is 6.45. The van der Waals surface area contributed by atoms with Crippen LogP contribution in [-0.2, 0) is 0 Å². The van der Waals surface area contributed by atoms with E-state index in [1.165, 1.54) is 5.56 Å². The lowest BCUT2D eigenvalue weighted by atomic mass is 10.2. The van der Waals surface area contributed by atoms with Crippen molar-refractivity contribution in [1.29, 1.82) is 0 Å². The zero-order chi connectivity index (χ0) is 19.9. The van der Waals surface area contributed by atoms with Crippen LogP contribution in [0.2, 0.25) is 5.02 Å². The fourth-order valence-corrected chi connectivity index (χ4v) is 2.68. The Morgan fingerprint density at radius 3 is 2.39 bits per heavy atom. The van der Waals surface area contributed by atoms with Crippen molar-refractivity contribution in [2.75, 3.05) is 23.7 Å². The summed E-state index contributed by atoms with van der Waals surface area (Å²) in [5, 5.41) is 9.86. The molecule has 0 radical (unpaired) electrons. The lowest BCUT2D eigenvalue weighted by Gasteiger charge is -2.11. The molecule has 3 N–H and O–H groups in total. The fraction of sp³-hybridized carbons (Fsp3) is 0.190. The number of aromatic nitrogens is 2. The quantitative estimate of drug-likeness (QED) is 0.519. The maximum absolute atomic E-state index is 12.1. The zero-order valence-corrected chi connectivity index (χ0v) is 16.5. The Bertz CT molecular complexity index is 942. The second-order valence-corrected chi connectivity index (χ2v) is 6.84. The molecule has 3 aromatic rings. The van der Waals surface area contributed by atoms with E-state index in [9.17, 15) is 4.79 Å². The minimum absolute atomic E-state index is 0.148. The number of benzene rings is 2. The number of carbonyl (C=O) groups is 1. The molecule has 3 rings (SSSR count). The number of amides is 1. The van der Waals surface area contributed by atoms with Gasteiger partial charge < -0.3 is 16.0 Å². The Morgan fingerprint density at radius 1 is 0.964 bits per heavy atom. The van der Waals surface area contributed by atoms with Crippen molar-refractivity contribution < 1.29 is 4.79 Å². The normalized spacial score (nSPS) is 10.4. The number of nitrogens with zero attached hydrogens (tertiary/aromatic N) is 2. The highest BCUT2D eigenvalue weighted by atomic mass is 35.5. The van der Waals surface area contributed by atoms with Crippen LogP contribution in [0.3, 0.4) is 0 Å². The average Bonchev–Trinajstić information content (AvgIpc) is 2.67. The van der Waals surface area contributed by atoms with Gasteiger partial charge in [-0.2, -0.15) is 4.98 Å². The summed E-state index contributed by atoms with van der Waals surface area (Å²) in [6.45, 7) is 4.91. The zero-order valence-electron chi connectivity index (χ0n) is 15.8. The van der Waals surface area contributed by atoms with Crippen molar-refractivity contribution >= 4 is 35.0 Å². The van der Waals surface area contributed by atoms with E-state index in [0.717, 1.165) is 11.4 Å². The highest BCUT2D eigenvalue weighted by Gasteiger charge is 2.06. The molecule has 7 heteroatoms. The van der Waals surface area contributed by atoms with Gasteiger partial charge in [0.2, 0.25) is 5.95 Å². The lowest BCUT2D eigenvalue weighted by molar-refractivity contribution is 0.0955.